The second-order valence-corrected chi connectivity index (χ2v) is 17.4. The minimum atomic E-state index is -1.67. The number of aromatic hydroxyl groups is 1. The smallest absolute Gasteiger partial charge is 0.326 e. The Morgan fingerprint density at radius 3 is 1.52 bits per heavy atom. The van der Waals surface area contributed by atoms with Gasteiger partial charge in [0.2, 0.25) is 53.2 Å². The van der Waals surface area contributed by atoms with Crippen LogP contribution in [0, 0.1) is 11.8 Å². The predicted molar refractivity (Wildman–Crippen MR) is 251 cm³/mol. The molecule has 0 aromatic heterocycles. The van der Waals surface area contributed by atoms with Gasteiger partial charge in [0.1, 0.15) is 42.0 Å². The van der Waals surface area contributed by atoms with Gasteiger partial charge in [0.05, 0.1) is 31.7 Å². The second-order valence-electron chi connectivity index (χ2n) is 17.4. The standard InChI is InChI=1S/C44H74N12O13/c1-23(2)18-31(39(63)49-21-34(60)55-36(24(3)4)42(66)52-30(44(68)69)11-7-9-17-46)54-41(65)29(10-6-8-16-45)51-43(67)37(25(5)57)56-35(61)22-50-40(64)32(19-26-12-14-27(58)15-13-26)53-38(62)28(47)20-33(48)59/h12-15,23-25,28-32,36-37,57-58H,6-11,16-22,45-47H2,1-5H3,(H2,48,59)(H,49,63)(H,50,64)(H,51,67)(H,52,66)(H,53,62)(H,54,65)(H,55,60)(H,56,61)(H,68,69)/t25-,28+,29+,30+,31+,32+,36+,37+/m1/s1. The van der Waals surface area contributed by atoms with E-state index in [1.807, 2.05) is 0 Å². The van der Waals surface area contributed by atoms with Gasteiger partial charge in [-0.2, -0.15) is 0 Å². The van der Waals surface area contributed by atoms with E-state index >= 15 is 0 Å². The van der Waals surface area contributed by atoms with Crippen LogP contribution in [0.15, 0.2) is 24.3 Å². The van der Waals surface area contributed by atoms with Gasteiger partial charge in [-0.1, -0.05) is 39.8 Å². The Kier molecular flexibility index (Phi) is 27.7. The topological polar surface area (TPSA) is 432 Å². The van der Waals surface area contributed by atoms with E-state index in [0.717, 1.165) is 0 Å². The molecule has 0 radical (unpaired) electrons. The molecule has 25 nitrogen and oxygen atoms in total. The molecular formula is C44H74N12O13. The van der Waals surface area contributed by atoms with Gasteiger partial charge in [0.25, 0.3) is 0 Å². The van der Waals surface area contributed by atoms with Crippen LogP contribution in [0.25, 0.3) is 0 Å². The molecule has 0 fully saturated rings. The molecule has 0 saturated carbocycles. The lowest BCUT2D eigenvalue weighted by Crippen LogP contribution is -2.60. The van der Waals surface area contributed by atoms with Crippen molar-refractivity contribution in [2.75, 3.05) is 26.2 Å². The molecule has 19 N–H and O–H groups in total. The normalized spacial score (nSPS) is 14.6. The van der Waals surface area contributed by atoms with Crippen LogP contribution < -0.4 is 65.5 Å². The summed E-state index contributed by atoms with van der Waals surface area (Å²) in [5.74, 6) is -9.67. The van der Waals surface area contributed by atoms with E-state index in [1.165, 1.54) is 31.2 Å². The molecule has 0 aliphatic heterocycles. The van der Waals surface area contributed by atoms with Gasteiger partial charge in [-0.3, -0.25) is 43.2 Å². The number of hydrogen-bond acceptors (Lipinski definition) is 15. The molecule has 25 heteroatoms. The number of carbonyl (C=O) groups excluding carboxylic acids is 9. The number of aliphatic carboxylic acids is 1. The van der Waals surface area contributed by atoms with Crippen LogP contribution in [-0.2, 0) is 54.4 Å². The average Bonchev–Trinajstić information content (AvgIpc) is 3.27. The van der Waals surface area contributed by atoms with Crippen molar-refractivity contribution in [3.05, 3.63) is 29.8 Å². The van der Waals surface area contributed by atoms with Crippen molar-refractivity contribution in [2.45, 2.75) is 141 Å². The summed E-state index contributed by atoms with van der Waals surface area (Å²) < 4.78 is 0. The number of phenols is 1. The zero-order valence-corrected chi connectivity index (χ0v) is 40.0. The number of carboxylic acid groups (broad SMARTS) is 1. The van der Waals surface area contributed by atoms with Crippen molar-refractivity contribution in [1.29, 1.82) is 0 Å². The van der Waals surface area contributed by atoms with Gasteiger partial charge in [-0.15, -0.1) is 0 Å². The number of hydrogen-bond donors (Lipinski definition) is 15. The molecule has 1 aromatic carbocycles. The van der Waals surface area contributed by atoms with Crippen LogP contribution >= 0.6 is 0 Å². The monoisotopic (exact) mass is 979 g/mol. The van der Waals surface area contributed by atoms with Crippen LogP contribution in [0.1, 0.15) is 91.5 Å². The van der Waals surface area contributed by atoms with E-state index in [9.17, 15) is 63.3 Å². The van der Waals surface area contributed by atoms with Gasteiger partial charge in [-0.05, 0) is 94.5 Å². The summed E-state index contributed by atoms with van der Waals surface area (Å²) in [6.45, 7) is 7.23. The highest BCUT2D eigenvalue weighted by atomic mass is 16.4. The van der Waals surface area contributed by atoms with Crippen molar-refractivity contribution in [2.24, 2.45) is 34.8 Å². The van der Waals surface area contributed by atoms with Gasteiger partial charge in [-0.25, -0.2) is 4.79 Å². The van der Waals surface area contributed by atoms with Crippen molar-refractivity contribution in [3.8, 4) is 5.75 Å². The number of carboxylic acids is 1. The number of amides is 9. The second kappa shape index (κ2) is 31.6. The lowest BCUT2D eigenvalue weighted by molar-refractivity contribution is -0.142. The number of nitrogens with two attached hydrogens (primary N) is 4. The Hall–Kier alpha value is -6.44. The number of carbonyl (C=O) groups is 10. The van der Waals surface area contributed by atoms with Gasteiger partial charge >= 0.3 is 5.97 Å². The number of nitrogens with one attached hydrogen (secondary N) is 8. The molecule has 1 rings (SSSR count). The van der Waals surface area contributed by atoms with Crippen LogP contribution in [-0.4, -0.2) is 149 Å². The summed E-state index contributed by atoms with van der Waals surface area (Å²) in [7, 11) is 0. The first-order valence-electron chi connectivity index (χ1n) is 22.9. The molecule has 0 unspecified atom stereocenters. The first-order valence-corrected chi connectivity index (χ1v) is 22.9. The predicted octanol–water partition coefficient (Wildman–Crippen LogP) is -4.30. The summed E-state index contributed by atoms with van der Waals surface area (Å²) in [5, 5.41) is 49.4. The van der Waals surface area contributed by atoms with Crippen LogP contribution in [0.4, 0.5) is 0 Å². The highest BCUT2D eigenvalue weighted by Crippen LogP contribution is 2.13. The first-order chi connectivity index (χ1) is 32.4. The maximum absolute atomic E-state index is 13.8. The quantitative estimate of drug-likeness (QED) is 0.0296. The van der Waals surface area contributed by atoms with E-state index in [2.05, 4.69) is 42.5 Å². The molecule has 0 aliphatic rings. The Morgan fingerprint density at radius 2 is 1.04 bits per heavy atom. The number of primary amides is 1. The number of rotatable bonds is 33. The molecule has 1 aromatic rings. The zero-order valence-electron chi connectivity index (χ0n) is 40.0. The number of phenolic OH excluding ortho intramolecular Hbond substituents is 1. The molecule has 0 aliphatic carbocycles. The zero-order chi connectivity index (χ0) is 52.4. The van der Waals surface area contributed by atoms with Crippen LogP contribution in [0.3, 0.4) is 0 Å². The third-order valence-electron chi connectivity index (χ3n) is 10.4. The Bertz CT molecular complexity index is 1880. The Balaban J connectivity index is 3.11. The molecule has 388 valence electrons. The Morgan fingerprint density at radius 1 is 0.580 bits per heavy atom. The molecule has 8 atom stereocenters. The van der Waals surface area contributed by atoms with Crippen LogP contribution in [0.2, 0.25) is 0 Å². The maximum atomic E-state index is 13.8. The fourth-order valence-electron chi connectivity index (χ4n) is 6.65. The number of unbranched alkanes of at least 4 members (excludes halogenated alkanes) is 2. The van der Waals surface area contributed by atoms with Crippen molar-refractivity contribution < 1.29 is 63.3 Å². The third-order valence-corrected chi connectivity index (χ3v) is 10.4. The van der Waals surface area contributed by atoms with E-state index in [4.69, 9.17) is 22.9 Å². The van der Waals surface area contributed by atoms with Crippen molar-refractivity contribution in [3.63, 3.8) is 0 Å². The fourth-order valence-corrected chi connectivity index (χ4v) is 6.65. The number of aliphatic hydroxyl groups excluding tert-OH is 1. The van der Waals surface area contributed by atoms with Gasteiger partial charge in [0.15, 0.2) is 0 Å². The SMILES string of the molecule is CC(C)C[C@H](NC(=O)[C@H](CCCCN)NC(=O)[C@@H](NC(=O)CNC(=O)[C@H](Cc1ccc(O)cc1)NC(=O)[C@@H](N)CC(N)=O)[C@@H](C)O)C(=O)NCC(=O)N[C@H](C(=O)N[C@@H](CCCCN)C(=O)O)C(C)C. The third kappa shape index (κ3) is 23.9. The van der Waals surface area contributed by atoms with Gasteiger partial charge in [0, 0.05) is 6.42 Å². The van der Waals surface area contributed by atoms with E-state index in [0.29, 0.717) is 37.8 Å². The molecule has 0 heterocycles. The lowest BCUT2D eigenvalue weighted by atomic mass is 10.0. The number of aliphatic hydroxyl groups is 1. The minimum Gasteiger partial charge on any atom is -0.508 e. The number of benzene rings is 1. The van der Waals surface area contributed by atoms with E-state index < -0.39 is 133 Å². The minimum absolute atomic E-state index is 0.00930. The fraction of sp³-hybridized carbons (Fsp3) is 0.636. The molecular weight excluding hydrogens is 905 g/mol. The molecule has 0 bridgehead atoms. The summed E-state index contributed by atoms with van der Waals surface area (Å²) in [5.41, 5.74) is 22.5. The van der Waals surface area contributed by atoms with Crippen molar-refractivity contribution in [1.82, 2.24) is 42.5 Å². The molecule has 0 saturated heterocycles. The van der Waals surface area contributed by atoms with E-state index in [-0.39, 0.29) is 43.9 Å². The highest BCUT2D eigenvalue weighted by molar-refractivity contribution is 5.97. The Labute approximate surface area is 401 Å². The summed E-state index contributed by atoms with van der Waals surface area (Å²) in [4.78, 5) is 129. The summed E-state index contributed by atoms with van der Waals surface area (Å²) in [6, 6.07) is -3.67. The first kappa shape index (κ1) is 60.6. The van der Waals surface area contributed by atoms with Crippen LogP contribution in [0.5, 0.6) is 5.75 Å². The largest absolute Gasteiger partial charge is 0.508 e. The summed E-state index contributed by atoms with van der Waals surface area (Å²) >= 11 is 0. The average molecular weight is 979 g/mol. The van der Waals surface area contributed by atoms with E-state index in [1.54, 1.807) is 27.7 Å². The molecule has 69 heavy (non-hydrogen) atoms. The highest BCUT2D eigenvalue weighted by Gasteiger charge is 2.34. The summed E-state index contributed by atoms with van der Waals surface area (Å²) in [6.07, 6.45) is -0.214. The van der Waals surface area contributed by atoms with Gasteiger partial charge < -0.3 is 80.8 Å². The molecule has 0 spiro atoms. The maximum Gasteiger partial charge on any atom is 0.326 e. The van der Waals surface area contributed by atoms with Crippen molar-refractivity contribution >= 4 is 59.1 Å². The lowest BCUT2D eigenvalue weighted by Gasteiger charge is -2.27. The molecule has 9 amide bonds.